The van der Waals surface area contributed by atoms with Gasteiger partial charge in [-0.2, -0.15) is 0 Å². The Kier molecular flexibility index (Phi) is 6.69. The van der Waals surface area contributed by atoms with Gasteiger partial charge >= 0.3 is 5.97 Å². The number of nitrogens with zero attached hydrogens (tertiary/aromatic N) is 1. The number of carbonyl (C=O) groups is 2. The molecule has 0 aromatic heterocycles. The van der Waals surface area contributed by atoms with Gasteiger partial charge < -0.3 is 10.1 Å². The molecule has 27 heavy (non-hydrogen) atoms. The van der Waals surface area contributed by atoms with Crippen LogP contribution in [0.2, 0.25) is 10.0 Å². The van der Waals surface area contributed by atoms with Crippen molar-refractivity contribution in [2.45, 2.75) is 11.8 Å². The Labute approximate surface area is 166 Å². The number of carbonyl (C=O) groups excluding carboxylic acids is 2. The van der Waals surface area contributed by atoms with Crippen molar-refractivity contribution in [1.29, 1.82) is 0 Å². The van der Waals surface area contributed by atoms with Gasteiger partial charge in [0, 0.05) is 17.6 Å². The fraction of sp³-hybridized carbons (Fsp3) is 0.176. The molecular weight excluding hydrogens is 415 g/mol. The first-order valence-electron chi connectivity index (χ1n) is 7.57. The van der Waals surface area contributed by atoms with Crippen LogP contribution in [0.4, 0.5) is 11.4 Å². The topological polar surface area (TPSA) is 92.8 Å². The first-order valence-corrected chi connectivity index (χ1v) is 9.77. The molecule has 0 heterocycles. The lowest BCUT2D eigenvalue weighted by atomic mass is 10.3. The minimum Gasteiger partial charge on any atom is -0.468 e. The second-order valence-corrected chi connectivity index (χ2v) is 8.10. The first kappa shape index (κ1) is 21.0. The Morgan fingerprint density at radius 1 is 1.11 bits per heavy atom. The van der Waals surface area contributed by atoms with Crippen LogP contribution in [-0.4, -0.2) is 33.9 Å². The molecule has 0 bridgehead atoms. The van der Waals surface area contributed by atoms with Crippen LogP contribution >= 0.6 is 23.2 Å². The molecule has 0 saturated carbocycles. The highest BCUT2D eigenvalue weighted by atomic mass is 35.5. The largest absolute Gasteiger partial charge is 0.468 e. The van der Waals surface area contributed by atoms with Crippen LogP contribution in [0.1, 0.15) is 6.92 Å². The van der Waals surface area contributed by atoms with Crippen molar-refractivity contribution in [3.8, 4) is 0 Å². The van der Waals surface area contributed by atoms with Crippen molar-refractivity contribution < 1.29 is 22.7 Å². The zero-order chi connectivity index (χ0) is 20.2. The number of methoxy groups -OCH3 is 1. The maximum Gasteiger partial charge on any atom is 0.326 e. The van der Waals surface area contributed by atoms with Crippen molar-refractivity contribution in [3.63, 3.8) is 0 Å². The second-order valence-electron chi connectivity index (χ2n) is 5.39. The van der Waals surface area contributed by atoms with Crippen LogP contribution in [0.25, 0.3) is 0 Å². The number of halogens is 2. The fourth-order valence-electron chi connectivity index (χ4n) is 2.20. The third-order valence-corrected chi connectivity index (χ3v) is 5.77. The average Bonchev–Trinajstić information content (AvgIpc) is 2.61. The summed E-state index contributed by atoms with van der Waals surface area (Å²) >= 11 is 12.1. The van der Waals surface area contributed by atoms with Gasteiger partial charge in [-0.15, -0.1) is 0 Å². The predicted molar refractivity (Wildman–Crippen MR) is 104 cm³/mol. The summed E-state index contributed by atoms with van der Waals surface area (Å²) in [5, 5.41) is 2.89. The van der Waals surface area contributed by atoms with E-state index in [0.29, 0.717) is 5.69 Å². The Morgan fingerprint density at radius 2 is 1.74 bits per heavy atom. The number of amides is 1. The molecule has 0 aliphatic carbocycles. The van der Waals surface area contributed by atoms with E-state index in [0.717, 1.165) is 11.4 Å². The number of hydrogen-bond acceptors (Lipinski definition) is 5. The molecule has 2 aromatic rings. The Bertz CT molecular complexity index is 962. The molecule has 0 radical (unpaired) electrons. The number of benzene rings is 2. The lowest BCUT2D eigenvalue weighted by Gasteiger charge is -2.24. The van der Waals surface area contributed by atoms with Gasteiger partial charge in [0.25, 0.3) is 10.0 Å². The molecule has 1 amide bonds. The molecule has 0 spiro atoms. The molecule has 0 unspecified atom stereocenters. The predicted octanol–water partition coefficient (Wildman–Crippen LogP) is 3.32. The summed E-state index contributed by atoms with van der Waals surface area (Å²) in [4.78, 5) is 22.8. The van der Waals surface area contributed by atoms with E-state index in [1.165, 1.54) is 49.4 Å². The Hall–Kier alpha value is -2.29. The summed E-state index contributed by atoms with van der Waals surface area (Å²) in [6, 6.07) is 9.76. The zero-order valence-corrected chi connectivity index (χ0v) is 16.7. The minimum atomic E-state index is -4.17. The van der Waals surface area contributed by atoms with Gasteiger partial charge in [-0.25, -0.2) is 8.42 Å². The van der Waals surface area contributed by atoms with E-state index in [1.807, 2.05) is 0 Å². The SMILES string of the molecule is COC(=O)CN(c1cc(Cl)ccc1Cl)S(=O)(=O)c1ccc(NC(C)=O)cc1. The smallest absolute Gasteiger partial charge is 0.326 e. The monoisotopic (exact) mass is 430 g/mol. The highest BCUT2D eigenvalue weighted by Gasteiger charge is 2.29. The lowest BCUT2D eigenvalue weighted by Crippen LogP contribution is -2.36. The maximum absolute atomic E-state index is 13.1. The van der Waals surface area contributed by atoms with Gasteiger partial charge in [0.2, 0.25) is 5.91 Å². The quantitative estimate of drug-likeness (QED) is 0.709. The van der Waals surface area contributed by atoms with E-state index >= 15 is 0 Å². The standard InChI is InChI=1S/C17H16Cl2N2O5S/c1-11(22)20-13-4-6-14(7-5-13)27(24,25)21(10-17(23)26-2)16-9-12(18)3-8-15(16)19/h3-9H,10H2,1-2H3,(H,20,22). The molecule has 10 heteroatoms. The number of hydrogen-bond donors (Lipinski definition) is 1. The van der Waals surface area contributed by atoms with Gasteiger partial charge in [-0.3, -0.25) is 13.9 Å². The number of ether oxygens (including phenoxy) is 1. The highest BCUT2D eigenvalue weighted by molar-refractivity contribution is 7.92. The van der Waals surface area contributed by atoms with Gasteiger partial charge in [-0.05, 0) is 42.5 Å². The number of esters is 1. The van der Waals surface area contributed by atoms with Gasteiger partial charge in [-0.1, -0.05) is 23.2 Å². The first-order chi connectivity index (χ1) is 12.6. The summed E-state index contributed by atoms with van der Waals surface area (Å²) in [5.41, 5.74) is 0.474. The Balaban J connectivity index is 2.51. The van der Waals surface area contributed by atoms with Gasteiger partial charge in [0.1, 0.15) is 6.54 Å². The van der Waals surface area contributed by atoms with Crippen molar-refractivity contribution in [2.24, 2.45) is 0 Å². The normalized spacial score (nSPS) is 11.0. The van der Waals surface area contributed by atoms with Gasteiger partial charge in [0.05, 0.1) is 22.7 Å². The summed E-state index contributed by atoms with van der Waals surface area (Å²) in [6.07, 6.45) is 0. The molecule has 7 nitrogen and oxygen atoms in total. The molecule has 2 rings (SSSR count). The third-order valence-electron chi connectivity index (χ3n) is 3.44. The summed E-state index contributed by atoms with van der Waals surface area (Å²) in [7, 11) is -3.02. The summed E-state index contributed by atoms with van der Waals surface area (Å²) in [6.45, 7) is 0.746. The molecule has 0 aliphatic heterocycles. The van der Waals surface area contributed by atoms with Crippen molar-refractivity contribution >= 4 is 56.5 Å². The van der Waals surface area contributed by atoms with Crippen LogP contribution in [0.15, 0.2) is 47.4 Å². The van der Waals surface area contributed by atoms with Crippen molar-refractivity contribution in [1.82, 2.24) is 0 Å². The molecule has 144 valence electrons. The fourth-order valence-corrected chi connectivity index (χ4v) is 4.06. The number of nitrogens with one attached hydrogen (secondary N) is 1. The van der Waals surface area contributed by atoms with Crippen molar-refractivity contribution in [3.05, 3.63) is 52.5 Å². The van der Waals surface area contributed by atoms with Crippen LogP contribution in [0.3, 0.4) is 0 Å². The lowest BCUT2D eigenvalue weighted by molar-refractivity contribution is -0.138. The van der Waals surface area contributed by atoms with E-state index in [4.69, 9.17) is 23.2 Å². The molecule has 0 fully saturated rings. The second kappa shape index (κ2) is 8.60. The molecule has 0 atom stereocenters. The molecule has 0 aliphatic rings. The number of anilines is 2. The van der Waals surface area contributed by atoms with E-state index in [9.17, 15) is 18.0 Å². The van der Waals surface area contributed by atoms with E-state index in [-0.39, 0.29) is 26.5 Å². The molecule has 0 saturated heterocycles. The van der Waals surface area contributed by atoms with E-state index in [2.05, 4.69) is 10.1 Å². The zero-order valence-electron chi connectivity index (χ0n) is 14.4. The summed E-state index contributed by atoms with van der Waals surface area (Å²) < 4.78 is 31.6. The van der Waals surface area contributed by atoms with Crippen molar-refractivity contribution in [2.75, 3.05) is 23.3 Å². The number of sulfonamides is 1. The van der Waals surface area contributed by atoms with Crippen LogP contribution in [-0.2, 0) is 24.3 Å². The maximum atomic E-state index is 13.1. The average molecular weight is 431 g/mol. The van der Waals surface area contributed by atoms with E-state index < -0.39 is 22.5 Å². The molecule has 2 aromatic carbocycles. The van der Waals surface area contributed by atoms with Gasteiger partial charge in [0.15, 0.2) is 0 Å². The van der Waals surface area contributed by atoms with Crippen LogP contribution in [0, 0.1) is 0 Å². The Morgan fingerprint density at radius 3 is 2.30 bits per heavy atom. The summed E-state index contributed by atoms with van der Waals surface area (Å²) in [5.74, 6) is -1.06. The molecular formula is C17H16Cl2N2O5S. The third kappa shape index (κ3) is 5.12. The number of rotatable bonds is 6. The van der Waals surface area contributed by atoms with Crippen LogP contribution in [0.5, 0.6) is 0 Å². The minimum absolute atomic E-state index is 0.0421. The molecule has 1 N–H and O–H groups in total. The highest BCUT2D eigenvalue weighted by Crippen LogP contribution is 2.33. The van der Waals surface area contributed by atoms with E-state index in [1.54, 1.807) is 0 Å². The van der Waals surface area contributed by atoms with Crippen LogP contribution < -0.4 is 9.62 Å².